The van der Waals surface area contributed by atoms with E-state index in [0.717, 1.165) is 24.4 Å². The van der Waals surface area contributed by atoms with E-state index in [4.69, 9.17) is 27.9 Å². The second-order valence-electron chi connectivity index (χ2n) is 7.75. The number of halogens is 2. The van der Waals surface area contributed by atoms with Crippen LogP contribution in [-0.4, -0.2) is 31.1 Å². The van der Waals surface area contributed by atoms with Crippen molar-refractivity contribution in [3.05, 3.63) is 63.6 Å². The van der Waals surface area contributed by atoms with Crippen molar-refractivity contribution in [2.45, 2.75) is 59.1 Å². The molecule has 5 heteroatoms. The molecule has 0 amide bonds. The average Bonchev–Trinajstić information content (AvgIpc) is 2.75. The molecule has 0 fully saturated rings. The van der Waals surface area contributed by atoms with E-state index in [1.54, 1.807) is 6.07 Å². The highest BCUT2D eigenvalue weighted by Crippen LogP contribution is 2.23. The van der Waals surface area contributed by atoms with Gasteiger partial charge in [-0.05, 0) is 75.3 Å². The first-order valence-electron chi connectivity index (χ1n) is 11.2. The third-order valence-corrected chi connectivity index (χ3v) is 5.73. The normalized spacial score (nSPS) is 11.2. The number of nitrogens with zero attached hydrogens (tertiary/aromatic N) is 1. The second kappa shape index (κ2) is 14.7. The molecule has 1 N–H and O–H groups in total. The van der Waals surface area contributed by atoms with E-state index in [1.807, 2.05) is 24.3 Å². The van der Waals surface area contributed by atoms with Gasteiger partial charge in [0.2, 0.25) is 0 Å². The molecule has 166 valence electrons. The number of unbranched alkanes of at least 4 members (excludes halogenated alkanes) is 2. The highest BCUT2D eigenvalue weighted by atomic mass is 35.5. The number of benzene rings is 2. The maximum Gasteiger partial charge on any atom is 0.119 e. The highest BCUT2D eigenvalue weighted by molar-refractivity contribution is 6.35. The number of hydrogen-bond donors (Lipinski definition) is 1. The van der Waals surface area contributed by atoms with E-state index in [0.29, 0.717) is 16.7 Å². The van der Waals surface area contributed by atoms with Crippen LogP contribution in [0.1, 0.15) is 57.1 Å². The molecule has 0 aliphatic heterocycles. The fourth-order valence-corrected chi connectivity index (χ4v) is 3.73. The summed E-state index contributed by atoms with van der Waals surface area (Å²) in [7, 11) is 0. The van der Waals surface area contributed by atoms with Crippen molar-refractivity contribution in [3.8, 4) is 5.75 Å². The summed E-state index contributed by atoms with van der Waals surface area (Å²) in [6.07, 6.45) is 6.34. The van der Waals surface area contributed by atoms with Gasteiger partial charge >= 0.3 is 0 Å². The topological polar surface area (TPSA) is 24.5 Å². The van der Waals surface area contributed by atoms with Crippen LogP contribution in [-0.2, 0) is 13.2 Å². The Bertz CT molecular complexity index is 714. The second-order valence-corrected chi connectivity index (χ2v) is 8.59. The van der Waals surface area contributed by atoms with E-state index in [1.165, 1.54) is 57.3 Å². The Morgan fingerprint density at radius 1 is 0.867 bits per heavy atom. The third-order valence-electron chi connectivity index (χ3n) is 5.15. The van der Waals surface area contributed by atoms with Crippen molar-refractivity contribution in [1.82, 2.24) is 10.2 Å². The lowest BCUT2D eigenvalue weighted by Gasteiger charge is -2.22. The molecule has 0 heterocycles. The third kappa shape index (κ3) is 9.70. The minimum atomic E-state index is 0.431. The number of nitrogens with one attached hydrogen (secondary N) is 1. The Morgan fingerprint density at radius 2 is 1.53 bits per heavy atom. The van der Waals surface area contributed by atoms with Gasteiger partial charge in [0.05, 0.1) is 0 Å². The van der Waals surface area contributed by atoms with Crippen molar-refractivity contribution < 1.29 is 4.74 Å². The van der Waals surface area contributed by atoms with Crippen LogP contribution < -0.4 is 10.1 Å². The monoisotopic (exact) mass is 450 g/mol. The smallest absolute Gasteiger partial charge is 0.119 e. The SMILES string of the molecule is CCCCN(CCCC)CCCNCc1ccc(OCc2ccc(Cl)cc2Cl)cc1. The lowest BCUT2D eigenvalue weighted by atomic mass is 10.2. The molecule has 2 aromatic carbocycles. The molecule has 0 saturated heterocycles. The minimum absolute atomic E-state index is 0.431. The zero-order chi connectivity index (χ0) is 21.6. The molecule has 0 unspecified atom stereocenters. The van der Waals surface area contributed by atoms with Gasteiger partial charge in [-0.15, -0.1) is 0 Å². The summed E-state index contributed by atoms with van der Waals surface area (Å²) in [5.41, 5.74) is 2.19. The largest absolute Gasteiger partial charge is 0.489 e. The summed E-state index contributed by atoms with van der Waals surface area (Å²) < 4.78 is 5.85. The Hall–Kier alpha value is -1.26. The molecular weight excluding hydrogens is 415 g/mol. The van der Waals surface area contributed by atoms with Crippen LogP contribution in [0.25, 0.3) is 0 Å². The molecule has 0 radical (unpaired) electrons. The maximum absolute atomic E-state index is 6.20. The Labute approximate surface area is 192 Å². The van der Waals surface area contributed by atoms with Crippen molar-refractivity contribution in [2.24, 2.45) is 0 Å². The zero-order valence-corrected chi connectivity index (χ0v) is 19.9. The van der Waals surface area contributed by atoms with Gasteiger partial charge in [-0.1, -0.05) is 68.1 Å². The Morgan fingerprint density at radius 3 is 2.17 bits per heavy atom. The quantitative estimate of drug-likeness (QED) is 0.297. The Kier molecular flexibility index (Phi) is 12.2. The number of ether oxygens (including phenoxy) is 1. The van der Waals surface area contributed by atoms with Gasteiger partial charge in [-0.25, -0.2) is 0 Å². The predicted octanol–water partition coefficient (Wildman–Crippen LogP) is 6.95. The van der Waals surface area contributed by atoms with E-state index < -0.39 is 0 Å². The Balaban J connectivity index is 1.66. The van der Waals surface area contributed by atoms with Crippen molar-refractivity contribution in [1.29, 1.82) is 0 Å². The summed E-state index contributed by atoms with van der Waals surface area (Å²) in [5.74, 6) is 0.840. The molecule has 0 aliphatic rings. The van der Waals surface area contributed by atoms with Gasteiger partial charge in [0, 0.05) is 22.2 Å². The van der Waals surface area contributed by atoms with Crippen LogP contribution in [0.5, 0.6) is 5.75 Å². The molecule has 0 spiro atoms. The molecule has 2 rings (SSSR count). The summed E-state index contributed by atoms with van der Waals surface area (Å²) in [5, 5.41) is 4.83. The first-order valence-corrected chi connectivity index (χ1v) is 12.0. The predicted molar refractivity (Wildman–Crippen MR) is 130 cm³/mol. The summed E-state index contributed by atoms with van der Waals surface area (Å²) in [4.78, 5) is 2.62. The summed E-state index contributed by atoms with van der Waals surface area (Å²) in [6.45, 7) is 10.5. The van der Waals surface area contributed by atoms with Gasteiger partial charge < -0.3 is 15.0 Å². The van der Waals surface area contributed by atoms with Gasteiger partial charge in [-0.3, -0.25) is 0 Å². The van der Waals surface area contributed by atoms with Crippen molar-refractivity contribution >= 4 is 23.2 Å². The lowest BCUT2D eigenvalue weighted by Crippen LogP contribution is -2.29. The van der Waals surface area contributed by atoms with Crippen LogP contribution >= 0.6 is 23.2 Å². The van der Waals surface area contributed by atoms with E-state index in [-0.39, 0.29) is 0 Å². The van der Waals surface area contributed by atoms with E-state index >= 15 is 0 Å². The van der Waals surface area contributed by atoms with Crippen LogP contribution in [0.2, 0.25) is 10.0 Å². The fraction of sp³-hybridized carbons (Fsp3) is 0.520. The van der Waals surface area contributed by atoms with Crippen LogP contribution in [0.4, 0.5) is 0 Å². The average molecular weight is 451 g/mol. The zero-order valence-electron chi connectivity index (χ0n) is 18.4. The molecule has 0 saturated carbocycles. The fourth-order valence-electron chi connectivity index (χ4n) is 3.26. The molecule has 0 aromatic heterocycles. The van der Waals surface area contributed by atoms with Gasteiger partial charge in [0.15, 0.2) is 0 Å². The molecule has 0 bridgehead atoms. The first-order chi connectivity index (χ1) is 14.6. The lowest BCUT2D eigenvalue weighted by molar-refractivity contribution is 0.261. The van der Waals surface area contributed by atoms with Crippen molar-refractivity contribution in [3.63, 3.8) is 0 Å². The number of rotatable bonds is 15. The molecule has 0 atom stereocenters. The van der Waals surface area contributed by atoms with Crippen LogP contribution in [0, 0.1) is 0 Å². The maximum atomic E-state index is 6.20. The molecule has 0 aliphatic carbocycles. The molecular formula is C25H36Cl2N2O. The van der Waals surface area contributed by atoms with Gasteiger partial charge in [0.1, 0.15) is 12.4 Å². The van der Waals surface area contributed by atoms with Crippen LogP contribution in [0.15, 0.2) is 42.5 Å². The van der Waals surface area contributed by atoms with E-state index in [9.17, 15) is 0 Å². The van der Waals surface area contributed by atoms with Crippen LogP contribution in [0.3, 0.4) is 0 Å². The summed E-state index contributed by atoms with van der Waals surface area (Å²) >= 11 is 12.1. The molecule has 30 heavy (non-hydrogen) atoms. The van der Waals surface area contributed by atoms with Crippen molar-refractivity contribution in [2.75, 3.05) is 26.2 Å². The van der Waals surface area contributed by atoms with Gasteiger partial charge in [-0.2, -0.15) is 0 Å². The van der Waals surface area contributed by atoms with Gasteiger partial charge in [0.25, 0.3) is 0 Å². The summed E-state index contributed by atoms with van der Waals surface area (Å²) in [6, 6.07) is 13.7. The molecule has 2 aromatic rings. The molecule has 3 nitrogen and oxygen atoms in total. The standard InChI is InChI=1S/C25H36Cl2N2O/c1-3-5-15-29(16-6-4-2)17-7-14-28-19-21-8-12-24(13-9-21)30-20-22-10-11-23(26)18-25(22)27/h8-13,18,28H,3-7,14-17,19-20H2,1-2H3. The number of hydrogen-bond acceptors (Lipinski definition) is 3. The minimum Gasteiger partial charge on any atom is -0.489 e. The highest BCUT2D eigenvalue weighted by Gasteiger charge is 2.04. The first kappa shape index (κ1) is 25.0. The van der Waals surface area contributed by atoms with E-state index in [2.05, 4.69) is 36.2 Å².